The van der Waals surface area contributed by atoms with Crippen LogP contribution in [0.5, 0.6) is 0 Å². The van der Waals surface area contributed by atoms with Crippen molar-refractivity contribution >= 4 is 45.2 Å². The van der Waals surface area contributed by atoms with E-state index in [0.717, 1.165) is 15.6 Å². The molecule has 0 saturated heterocycles. The third-order valence-corrected chi connectivity index (χ3v) is 4.87. The van der Waals surface area contributed by atoms with Gasteiger partial charge in [0.25, 0.3) is 5.91 Å². The second-order valence-electron chi connectivity index (χ2n) is 6.28. The summed E-state index contributed by atoms with van der Waals surface area (Å²) in [6.45, 7) is 0. The molecule has 3 rings (SSSR count). The molecule has 0 aromatic heterocycles. The second kappa shape index (κ2) is 9.51. The van der Waals surface area contributed by atoms with Crippen molar-refractivity contribution in [1.82, 2.24) is 0 Å². The van der Waals surface area contributed by atoms with Crippen LogP contribution in [0.15, 0.2) is 76.8 Å². The van der Waals surface area contributed by atoms with Gasteiger partial charge in [-0.1, -0.05) is 51.8 Å². The zero-order valence-electron chi connectivity index (χ0n) is 15.1. The highest BCUT2D eigenvalue weighted by atomic mass is 79.9. The first kappa shape index (κ1) is 20.8. The summed E-state index contributed by atoms with van der Waals surface area (Å²) in [7, 11) is 0. The molecule has 6 heteroatoms. The minimum atomic E-state index is -0.536. The number of rotatable bonds is 5. The van der Waals surface area contributed by atoms with E-state index in [4.69, 9.17) is 11.6 Å². The summed E-state index contributed by atoms with van der Waals surface area (Å²) in [5, 5.41) is 12.7. The zero-order valence-corrected chi connectivity index (χ0v) is 17.5. The molecule has 0 heterocycles. The number of benzene rings is 3. The number of carbonyl (C=O) groups excluding carboxylic acids is 1. The highest BCUT2D eigenvalue weighted by Crippen LogP contribution is 2.23. The van der Waals surface area contributed by atoms with Gasteiger partial charge in [0.1, 0.15) is 17.5 Å². The van der Waals surface area contributed by atoms with Crippen LogP contribution in [0.25, 0.3) is 6.08 Å². The maximum absolute atomic E-state index is 13.5. The molecular formula is C23H15BrClFN2O. The van der Waals surface area contributed by atoms with E-state index < -0.39 is 5.91 Å². The van der Waals surface area contributed by atoms with E-state index in [1.54, 1.807) is 30.3 Å². The molecule has 29 heavy (non-hydrogen) atoms. The number of nitriles is 1. The van der Waals surface area contributed by atoms with E-state index >= 15 is 0 Å². The topological polar surface area (TPSA) is 52.9 Å². The predicted molar refractivity (Wildman–Crippen MR) is 117 cm³/mol. The third-order valence-electron chi connectivity index (χ3n) is 4.14. The average molecular weight is 470 g/mol. The molecule has 0 saturated carbocycles. The Bertz CT molecular complexity index is 1140. The van der Waals surface area contributed by atoms with Crippen molar-refractivity contribution in [2.24, 2.45) is 0 Å². The Hall–Kier alpha value is -2.94. The number of nitrogens with zero attached hydrogens (tertiary/aromatic N) is 1. The molecule has 3 aromatic rings. The van der Waals surface area contributed by atoms with Crippen molar-refractivity contribution in [1.29, 1.82) is 5.26 Å². The number of anilines is 1. The zero-order chi connectivity index (χ0) is 20.8. The van der Waals surface area contributed by atoms with Gasteiger partial charge in [0, 0.05) is 15.2 Å². The lowest BCUT2D eigenvalue weighted by Crippen LogP contribution is -2.13. The van der Waals surface area contributed by atoms with Gasteiger partial charge in [0.15, 0.2) is 0 Å². The summed E-state index contributed by atoms with van der Waals surface area (Å²) in [5.74, 6) is -0.846. The Morgan fingerprint density at radius 2 is 1.93 bits per heavy atom. The van der Waals surface area contributed by atoms with Crippen LogP contribution < -0.4 is 5.32 Å². The van der Waals surface area contributed by atoms with Gasteiger partial charge in [-0.2, -0.15) is 5.26 Å². The first-order valence-corrected chi connectivity index (χ1v) is 9.83. The van der Waals surface area contributed by atoms with E-state index in [1.165, 1.54) is 18.2 Å². The fourth-order valence-electron chi connectivity index (χ4n) is 2.80. The normalized spacial score (nSPS) is 11.0. The third kappa shape index (κ3) is 5.77. The molecule has 0 aliphatic rings. The summed E-state index contributed by atoms with van der Waals surface area (Å²) in [6.07, 6.45) is 1.99. The van der Waals surface area contributed by atoms with E-state index in [9.17, 15) is 14.4 Å². The Labute approximate surface area is 181 Å². The van der Waals surface area contributed by atoms with Crippen LogP contribution in [0.3, 0.4) is 0 Å². The minimum Gasteiger partial charge on any atom is -0.321 e. The van der Waals surface area contributed by atoms with Crippen molar-refractivity contribution < 1.29 is 9.18 Å². The van der Waals surface area contributed by atoms with Crippen LogP contribution in [-0.4, -0.2) is 5.91 Å². The Morgan fingerprint density at radius 1 is 1.14 bits per heavy atom. The standard InChI is InChI=1S/C23H15BrClFN2O/c24-19-8-7-16(9-15-3-1-5-21(26)10-15)17(12-19)11-18(14-27)23(29)28-22-6-2-4-20(25)13-22/h1-8,10-13H,9H2,(H,28,29)/b18-11+. The van der Waals surface area contributed by atoms with E-state index in [2.05, 4.69) is 21.2 Å². The molecule has 0 atom stereocenters. The lowest BCUT2D eigenvalue weighted by molar-refractivity contribution is -0.112. The molecule has 0 aliphatic heterocycles. The molecule has 0 aliphatic carbocycles. The monoisotopic (exact) mass is 468 g/mol. The minimum absolute atomic E-state index is 0.0523. The smallest absolute Gasteiger partial charge is 0.266 e. The van der Waals surface area contributed by atoms with Crippen LogP contribution in [-0.2, 0) is 11.2 Å². The van der Waals surface area contributed by atoms with Gasteiger partial charge in [-0.05, 0) is 71.7 Å². The fraction of sp³-hybridized carbons (Fsp3) is 0.0435. The molecule has 144 valence electrons. The molecule has 3 nitrogen and oxygen atoms in total. The molecule has 0 bridgehead atoms. The van der Waals surface area contributed by atoms with Crippen molar-refractivity contribution in [3.63, 3.8) is 0 Å². The molecule has 1 N–H and O–H groups in total. The van der Waals surface area contributed by atoms with Gasteiger partial charge >= 0.3 is 0 Å². The van der Waals surface area contributed by atoms with Gasteiger partial charge in [-0.3, -0.25) is 4.79 Å². The van der Waals surface area contributed by atoms with Gasteiger partial charge < -0.3 is 5.32 Å². The average Bonchev–Trinajstić information content (AvgIpc) is 2.68. The lowest BCUT2D eigenvalue weighted by atomic mass is 9.98. The van der Waals surface area contributed by atoms with Crippen molar-refractivity contribution in [2.45, 2.75) is 6.42 Å². The molecular weight excluding hydrogens is 455 g/mol. The second-order valence-corrected chi connectivity index (χ2v) is 7.64. The number of carbonyl (C=O) groups is 1. The van der Waals surface area contributed by atoms with Gasteiger partial charge in [-0.25, -0.2) is 4.39 Å². The quantitative estimate of drug-likeness (QED) is 0.348. The summed E-state index contributed by atoms with van der Waals surface area (Å²) < 4.78 is 14.3. The first-order chi connectivity index (χ1) is 13.9. The summed E-state index contributed by atoms with van der Waals surface area (Å²) in [5.41, 5.74) is 2.80. The van der Waals surface area contributed by atoms with Crippen molar-refractivity contribution in [2.75, 3.05) is 5.32 Å². The van der Waals surface area contributed by atoms with Crippen LogP contribution >= 0.6 is 27.5 Å². The van der Waals surface area contributed by atoms with Gasteiger partial charge in [0.2, 0.25) is 0 Å². The summed E-state index contributed by atoms with van der Waals surface area (Å²) >= 11 is 9.35. The first-order valence-electron chi connectivity index (χ1n) is 8.66. The Balaban J connectivity index is 1.91. The highest BCUT2D eigenvalue weighted by Gasteiger charge is 2.12. The van der Waals surface area contributed by atoms with Gasteiger partial charge in [0.05, 0.1) is 0 Å². The Morgan fingerprint density at radius 3 is 2.66 bits per heavy atom. The molecule has 1 amide bonds. The maximum atomic E-state index is 13.5. The van der Waals surface area contributed by atoms with Crippen molar-refractivity contribution in [3.8, 4) is 6.07 Å². The molecule has 0 spiro atoms. The number of hydrogen-bond donors (Lipinski definition) is 1. The van der Waals surface area contributed by atoms with Crippen LogP contribution in [0, 0.1) is 17.1 Å². The van der Waals surface area contributed by atoms with E-state index in [0.29, 0.717) is 22.7 Å². The van der Waals surface area contributed by atoms with Gasteiger partial charge in [-0.15, -0.1) is 0 Å². The molecule has 0 fully saturated rings. The van der Waals surface area contributed by atoms with Crippen LogP contribution in [0.4, 0.5) is 10.1 Å². The van der Waals surface area contributed by atoms with E-state index in [-0.39, 0.29) is 11.4 Å². The molecule has 0 unspecified atom stereocenters. The number of amides is 1. The molecule has 3 aromatic carbocycles. The van der Waals surface area contributed by atoms with Crippen molar-refractivity contribution in [3.05, 3.63) is 104 Å². The number of hydrogen-bond acceptors (Lipinski definition) is 2. The van der Waals surface area contributed by atoms with Crippen LogP contribution in [0.1, 0.15) is 16.7 Å². The highest BCUT2D eigenvalue weighted by molar-refractivity contribution is 9.10. The van der Waals surface area contributed by atoms with Crippen LogP contribution in [0.2, 0.25) is 5.02 Å². The predicted octanol–water partition coefficient (Wildman–Crippen LogP) is 6.38. The summed E-state index contributed by atoms with van der Waals surface area (Å²) in [6, 6.07) is 20.5. The lowest BCUT2D eigenvalue weighted by Gasteiger charge is -2.09. The number of nitrogens with one attached hydrogen (secondary N) is 1. The fourth-order valence-corrected chi connectivity index (χ4v) is 3.37. The summed E-state index contributed by atoms with van der Waals surface area (Å²) in [4.78, 5) is 12.6. The maximum Gasteiger partial charge on any atom is 0.266 e. The van der Waals surface area contributed by atoms with E-state index in [1.807, 2.05) is 30.3 Å². The number of halogens is 3. The SMILES string of the molecule is N#C/C(=C\c1cc(Br)ccc1Cc1cccc(F)c1)C(=O)Nc1cccc(Cl)c1. The Kier molecular flexibility index (Phi) is 6.82. The largest absolute Gasteiger partial charge is 0.321 e. The molecule has 0 radical (unpaired) electrons.